The molecule has 0 atom stereocenters. The van der Waals surface area contributed by atoms with Gasteiger partial charge in [-0.1, -0.05) is 54.1 Å². The number of nitrogens with one attached hydrogen (secondary N) is 1. The number of carbonyl (C=O) groups excluding carboxylic acids is 1. The summed E-state index contributed by atoms with van der Waals surface area (Å²) >= 11 is 8.03. The van der Waals surface area contributed by atoms with Gasteiger partial charge in [0.1, 0.15) is 4.70 Å². The predicted molar refractivity (Wildman–Crippen MR) is 116 cm³/mol. The van der Waals surface area contributed by atoms with Crippen molar-refractivity contribution in [1.29, 1.82) is 0 Å². The van der Waals surface area contributed by atoms with E-state index < -0.39 is 0 Å². The Kier molecular flexibility index (Phi) is 5.65. The SMILES string of the molecule is Cn1c(SCC(=O)NC2CCCC2)nc2c(sc(=S)n2-c2ccccc2)c1=O. The predicted octanol–water partition coefficient (Wildman–Crippen LogP) is 3.67. The summed E-state index contributed by atoms with van der Waals surface area (Å²) in [6, 6.07) is 9.92. The van der Waals surface area contributed by atoms with E-state index in [0.717, 1.165) is 18.5 Å². The number of aromatic nitrogens is 3. The molecule has 2 heterocycles. The lowest BCUT2D eigenvalue weighted by molar-refractivity contribution is -0.119. The van der Waals surface area contributed by atoms with Gasteiger partial charge in [-0.2, -0.15) is 0 Å². The smallest absolute Gasteiger partial charge is 0.273 e. The molecule has 146 valence electrons. The maximum atomic E-state index is 12.8. The third-order valence-electron chi connectivity index (χ3n) is 4.84. The van der Waals surface area contributed by atoms with Crippen LogP contribution in [0, 0.1) is 3.95 Å². The first kappa shape index (κ1) is 19.4. The number of amides is 1. The van der Waals surface area contributed by atoms with Gasteiger partial charge in [-0.3, -0.25) is 18.7 Å². The van der Waals surface area contributed by atoms with E-state index in [1.807, 2.05) is 34.9 Å². The summed E-state index contributed by atoms with van der Waals surface area (Å²) in [6.45, 7) is 0. The summed E-state index contributed by atoms with van der Waals surface area (Å²) in [5.41, 5.74) is 1.27. The van der Waals surface area contributed by atoms with Gasteiger partial charge in [-0.05, 0) is 37.2 Å². The van der Waals surface area contributed by atoms with Gasteiger partial charge in [0.2, 0.25) is 5.91 Å². The first-order valence-corrected chi connectivity index (χ1v) is 11.4. The summed E-state index contributed by atoms with van der Waals surface area (Å²) in [5.74, 6) is 0.217. The zero-order chi connectivity index (χ0) is 19.7. The van der Waals surface area contributed by atoms with E-state index in [4.69, 9.17) is 12.2 Å². The molecule has 1 fully saturated rings. The van der Waals surface area contributed by atoms with Crippen molar-refractivity contribution in [2.75, 3.05) is 5.75 Å². The quantitative estimate of drug-likeness (QED) is 0.379. The summed E-state index contributed by atoms with van der Waals surface area (Å²) in [4.78, 5) is 29.8. The average molecular weight is 433 g/mol. The number of hydrogen-bond donors (Lipinski definition) is 1. The third kappa shape index (κ3) is 3.78. The molecule has 9 heteroatoms. The third-order valence-corrected chi connectivity index (χ3v) is 7.22. The van der Waals surface area contributed by atoms with Crippen molar-refractivity contribution in [3.05, 3.63) is 44.6 Å². The largest absolute Gasteiger partial charge is 0.353 e. The summed E-state index contributed by atoms with van der Waals surface area (Å²) < 4.78 is 4.42. The first-order chi connectivity index (χ1) is 13.5. The van der Waals surface area contributed by atoms with Crippen LogP contribution in [0.4, 0.5) is 0 Å². The Morgan fingerprint density at radius 1 is 1.32 bits per heavy atom. The van der Waals surface area contributed by atoms with E-state index >= 15 is 0 Å². The van der Waals surface area contributed by atoms with Crippen molar-refractivity contribution in [2.24, 2.45) is 7.05 Å². The molecule has 4 rings (SSSR count). The zero-order valence-electron chi connectivity index (χ0n) is 15.4. The monoisotopic (exact) mass is 432 g/mol. The molecular formula is C19H20N4O2S3. The van der Waals surface area contributed by atoms with E-state index in [1.54, 1.807) is 7.05 Å². The molecule has 28 heavy (non-hydrogen) atoms. The van der Waals surface area contributed by atoms with Crippen LogP contribution in [0.5, 0.6) is 0 Å². The number of thiazole rings is 1. The van der Waals surface area contributed by atoms with Crippen molar-refractivity contribution in [3.8, 4) is 5.69 Å². The highest BCUT2D eigenvalue weighted by molar-refractivity contribution is 7.99. The normalized spacial score (nSPS) is 14.6. The van der Waals surface area contributed by atoms with Crippen molar-refractivity contribution >= 4 is 51.6 Å². The second-order valence-corrected chi connectivity index (χ2v) is 9.37. The molecule has 1 N–H and O–H groups in total. The summed E-state index contributed by atoms with van der Waals surface area (Å²) in [6.07, 6.45) is 4.44. The fourth-order valence-electron chi connectivity index (χ4n) is 3.41. The Hall–Kier alpha value is -1.97. The number of hydrogen-bond acceptors (Lipinski definition) is 6. The minimum absolute atomic E-state index is 0.0172. The van der Waals surface area contributed by atoms with Gasteiger partial charge in [0.05, 0.1) is 5.75 Å². The lowest BCUT2D eigenvalue weighted by atomic mass is 10.2. The molecule has 1 saturated carbocycles. The molecule has 1 aliphatic carbocycles. The zero-order valence-corrected chi connectivity index (χ0v) is 17.8. The molecule has 3 aromatic rings. The van der Waals surface area contributed by atoms with Gasteiger partial charge >= 0.3 is 0 Å². The molecule has 0 unspecified atom stereocenters. The van der Waals surface area contributed by atoms with E-state index in [1.165, 1.54) is 40.5 Å². The molecular weight excluding hydrogens is 412 g/mol. The van der Waals surface area contributed by atoms with E-state index in [-0.39, 0.29) is 23.3 Å². The lowest BCUT2D eigenvalue weighted by Crippen LogP contribution is -2.34. The van der Waals surface area contributed by atoms with Crippen molar-refractivity contribution in [1.82, 2.24) is 19.4 Å². The van der Waals surface area contributed by atoms with Gasteiger partial charge < -0.3 is 5.32 Å². The van der Waals surface area contributed by atoms with Crippen molar-refractivity contribution in [3.63, 3.8) is 0 Å². The Bertz CT molecular complexity index is 1130. The lowest BCUT2D eigenvalue weighted by Gasteiger charge is -2.12. The Balaban J connectivity index is 1.65. The molecule has 0 radical (unpaired) electrons. The topological polar surface area (TPSA) is 68.9 Å². The number of fused-ring (bicyclic) bond motifs is 1. The molecule has 1 amide bonds. The number of benzene rings is 1. The Morgan fingerprint density at radius 3 is 2.75 bits per heavy atom. The van der Waals surface area contributed by atoms with Gasteiger partial charge in [-0.25, -0.2) is 4.98 Å². The van der Waals surface area contributed by atoms with E-state index in [9.17, 15) is 9.59 Å². The highest BCUT2D eigenvalue weighted by Gasteiger charge is 2.19. The highest BCUT2D eigenvalue weighted by Crippen LogP contribution is 2.25. The Morgan fingerprint density at radius 2 is 2.04 bits per heavy atom. The van der Waals surface area contributed by atoms with E-state index in [0.29, 0.717) is 19.5 Å². The van der Waals surface area contributed by atoms with Crippen LogP contribution in [-0.2, 0) is 11.8 Å². The van der Waals surface area contributed by atoms with Gasteiger partial charge in [-0.15, -0.1) is 0 Å². The van der Waals surface area contributed by atoms with Gasteiger partial charge in [0.25, 0.3) is 5.56 Å². The van der Waals surface area contributed by atoms with Crippen LogP contribution < -0.4 is 10.9 Å². The van der Waals surface area contributed by atoms with Crippen molar-refractivity contribution < 1.29 is 4.79 Å². The van der Waals surface area contributed by atoms with E-state index in [2.05, 4.69) is 10.3 Å². The van der Waals surface area contributed by atoms with Crippen molar-refractivity contribution in [2.45, 2.75) is 36.9 Å². The van der Waals surface area contributed by atoms with Gasteiger partial charge in [0, 0.05) is 18.8 Å². The molecule has 2 aromatic heterocycles. The first-order valence-electron chi connectivity index (χ1n) is 9.15. The fourth-order valence-corrected chi connectivity index (χ4v) is 5.54. The minimum Gasteiger partial charge on any atom is -0.353 e. The Labute approximate surface area is 175 Å². The standard InChI is InChI=1S/C19H20N4O2S3/c1-22-17(25)15-16(23(19(26)28-15)13-9-3-2-4-10-13)21-18(22)27-11-14(24)20-12-7-5-6-8-12/h2-4,9-10,12H,5-8,11H2,1H3,(H,20,24). The molecule has 0 spiro atoms. The fraction of sp³-hybridized carbons (Fsp3) is 0.368. The molecule has 1 aliphatic rings. The van der Waals surface area contributed by atoms with Crippen LogP contribution in [0.1, 0.15) is 25.7 Å². The molecule has 0 bridgehead atoms. The van der Waals surface area contributed by atoms with Crippen LogP contribution >= 0.6 is 35.3 Å². The number of para-hydroxylation sites is 1. The maximum Gasteiger partial charge on any atom is 0.273 e. The number of thioether (sulfide) groups is 1. The minimum atomic E-state index is -0.144. The van der Waals surface area contributed by atoms with Crippen LogP contribution in [0.25, 0.3) is 16.0 Å². The number of nitrogens with zero attached hydrogens (tertiary/aromatic N) is 3. The average Bonchev–Trinajstić information content (AvgIpc) is 3.31. The van der Waals surface area contributed by atoms with Crippen LogP contribution in [0.2, 0.25) is 0 Å². The number of carbonyl (C=O) groups is 1. The van der Waals surface area contributed by atoms with Crippen LogP contribution in [0.15, 0.2) is 40.3 Å². The number of rotatable bonds is 5. The highest BCUT2D eigenvalue weighted by atomic mass is 32.2. The second kappa shape index (κ2) is 8.18. The van der Waals surface area contributed by atoms with Crippen LogP contribution in [-0.4, -0.2) is 31.8 Å². The molecule has 0 aliphatic heterocycles. The molecule has 6 nitrogen and oxygen atoms in total. The second-order valence-electron chi connectivity index (χ2n) is 6.79. The molecule has 0 saturated heterocycles. The molecule has 1 aromatic carbocycles. The summed E-state index contributed by atoms with van der Waals surface area (Å²) in [7, 11) is 1.68. The van der Waals surface area contributed by atoms with Gasteiger partial charge in [0.15, 0.2) is 14.8 Å². The maximum absolute atomic E-state index is 12.8. The summed E-state index contributed by atoms with van der Waals surface area (Å²) in [5, 5.41) is 3.58. The van der Waals surface area contributed by atoms with Crippen LogP contribution in [0.3, 0.4) is 0 Å².